The van der Waals surface area contributed by atoms with Crippen molar-refractivity contribution in [3.63, 3.8) is 0 Å². The van der Waals surface area contributed by atoms with Gasteiger partial charge in [-0.2, -0.15) is 0 Å². The van der Waals surface area contributed by atoms with E-state index in [2.05, 4.69) is 45.7 Å². The molecule has 0 spiro atoms. The van der Waals surface area contributed by atoms with Crippen LogP contribution < -0.4 is 0 Å². The average molecular weight is 276 g/mol. The van der Waals surface area contributed by atoms with E-state index in [1.807, 2.05) is 18.2 Å². The Morgan fingerprint density at radius 3 is 2.00 bits per heavy atom. The van der Waals surface area contributed by atoms with Crippen LogP contribution in [0.2, 0.25) is 0 Å². The Labute approximate surface area is 126 Å². The average Bonchev–Trinajstić information content (AvgIpc) is 2.46. The Balaban J connectivity index is 2.21. The van der Waals surface area contributed by atoms with Crippen molar-refractivity contribution >= 4 is 16.9 Å². The maximum atomic E-state index is 9.64. The van der Waals surface area contributed by atoms with Crippen molar-refractivity contribution in [2.45, 2.75) is 13.8 Å². The molecule has 106 valence electrons. The molecule has 1 heteroatoms. The van der Waals surface area contributed by atoms with Gasteiger partial charge < -0.3 is 5.11 Å². The summed E-state index contributed by atoms with van der Waals surface area (Å²) in [5.74, 6) is 0.667. The molecule has 2 aliphatic rings. The largest absolute Gasteiger partial charge is 0.508 e. The first-order valence-electron chi connectivity index (χ1n) is 7.17. The van der Waals surface area contributed by atoms with Gasteiger partial charge in [0, 0.05) is 17.4 Å². The number of rotatable bonds is 1. The van der Waals surface area contributed by atoms with Crippen LogP contribution in [0, 0.1) is 11.8 Å². The zero-order valence-corrected chi connectivity index (χ0v) is 12.6. The van der Waals surface area contributed by atoms with E-state index in [9.17, 15) is 5.11 Å². The monoisotopic (exact) mass is 276 g/mol. The number of aliphatic hydroxyl groups is 1. The van der Waals surface area contributed by atoms with Crippen LogP contribution in [0.4, 0.5) is 0 Å². The highest BCUT2D eigenvalue weighted by atomic mass is 16.3. The summed E-state index contributed by atoms with van der Waals surface area (Å²) in [6.45, 7) is 16.6. The maximum Gasteiger partial charge on any atom is 0.115 e. The lowest BCUT2D eigenvalue weighted by Gasteiger charge is -2.40. The summed E-state index contributed by atoms with van der Waals surface area (Å²) in [7, 11) is 0. The van der Waals surface area contributed by atoms with Crippen LogP contribution in [-0.4, -0.2) is 5.11 Å². The molecule has 0 saturated heterocycles. The highest BCUT2D eigenvalue weighted by Gasteiger charge is 2.37. The predicted octanol–water partition coefficient (Wildman–Crippen LogP) is 5.39. The Morgan fingerprint density at radius 2 is 1.48 bits per heavy atom. The SMILES string of the molecule is C=C(O)c1ccc2c(c1)C(=C)C1C(C)=CC=C(C)C1C2=C. The lowest BCUT2D eigenvalue weighted by Crippen LogP contribution is -2.26. The van der Waals surface area contributed by atoms with Gasteiger partial charge in [-0.15, -0.1) is 0 Å². The fourth-order valence-electron chi connectivity index (χ4n) is 3.55. The lowest BCUT2D eigenvalue weighted by molar-refractivity contribution is 0.513. The van der Waals surface area contributed by atoms with Gasteiger partial charge in [0.15, 0.2) is 0 Å². The second-order valence-electron chi connectivity index (χ2n) is 6.03. The van der Waals surface area contributed by atoms with E-state index >= 15 is 0 Å². The van der Waals surface area contributed by atoms with Crippen LogP contribution in [0.5, 0.6) is 0 Å². The molecule has 2 aliphatic carbocycles. The molecule has 21 heavy (non-hydrogen) atoms. The van der Waals surface area contributed by atoms with Crippen LogP contribution in [0.1, 0.15) is 30.5 Å². The van der Waals surface area contributed by atoms with Crippen LogP contribution in [-0.2, 0) is 0 Å². The van der Waals surface area contributed by atoms with Crippen LogP contribution >= 0.6 is 0 Å². The van der Waals surface area contributed by atoms with E-state index in [-0.39, 0.29) is 11.7 Å². The van der Waals surface area contributed by atoms with E-state index in [1.54, 1.807) is 0 Å². The van der Waals surface area contributed by atoms with E-state index < -0.39 is 0 Å². The zero-order valence-electron chi connectivity index (χ0n) is 12.6. The molecular weight excluding hydrogens is 256 g/mol. The molecule has 1 nitrogen and oxygen atoms in total. The highest BCUT2D eigenvalue weighted by molar-refractivity contribution is 5.89. The quantitative estimate of drug-likeness (QED) is 0.681. The smallest absolute Gasteiger partial charge is 0.115 e. The van der Waals surface area contributed by atoms with Crippen LogP contribution in [0.3, 0.4) is 0 Å². The number of benzene rings is 1. The Kier molecular flexibility index (Phi) is 3.02. The highest BCUT2D eigenvalue weighted by Crippen LogP contribution is 2.51. The molecule has 2 unspecified atom stereocenters. The second kappa shape index (κ2) is 4.63. The van der Waals surface area contributed by atoms with Gasteiger partial charge in [0.05, 0.1) is 0 Å². The predicted molar refractivity (Wildman–Crippen MR) is 90.7 cm³/mol. The van der Waals surface area contributed by atoms with Gasteiger partial charge in [-0.25, -0.2) is 0 Å². The van der Waals surface area contributed by atoms with Gasteiger partial charge >= 0.3 is 0 Å². The fourth-order valence-corrected chi connectivity index (χ4v) is 3.55. The maximum absolute atomic E-state index is 9.64. The standard InChI is InChI=1S/C20H20O/c1-11-6-7-12(2)20-14(4)18-10-16(15(5)21)8-9-17(18)13(3)19(11)20/h6-10,19-21H,3-5H2,1-2H3. The number of hydrogen-bond donors (Lipinski definition) is 1. The summed E-state index contributed by atoms with van der Waals surface area (Å²) in [5, 5.41) is 9.64. The molecule has 0 aliphatic heterocycles. The fraction of sp³-hybridized carbons (Fsp3) is 0.200. The third-order valence-electron chi connectivity index (χ3n) is 4.72. The molecule has 1 N–H and O–H groups in total. The number of allylic oxidation sites excluding steroid dienone is 6. The summed E-state index contributed by atoms with van der Waals surface area (Å²) in [6, 6.07) is 5.89. The first-order chi connectivity index (χ1) is 9.91. The van der Waals surface area contributed by atoms with Crippen molar-refractivity contribution in [3.05, 3.63) is 77.9 Å². The summed E-state index contributed by atoms with van der Waals surface area (Å²) < 4.78 is 0. The van der Waals surface area contributed by atoms with E-state index in [4.69, 9.17) is 0 Å². The van der Waals surface area contributed by atoms with Gasteiger partial charge in [-0.3, -0.25) is 0 Å². The molecule has 0 heterocycles. The third kappa shape index (κ3) is 1.92. The van der Waals surface area contributed by atoms with Gasteiger partial charge in [0.25, 0.3) is 0 Å². The molecule has 0 bridgehead atoms. The minimum atomic E-state index is 0.0883. The molecule has 0 fully saturated rings. The van der Waals surface area contributed by atoms with Crippen molar-refractivity contribution in [1.82, 2.24) is 0 Å². The summed E-state index contributed by atoms with van der Waals surface area (Å²) in [4.78, 5) is 0. The minimum absolute atomic E-state index is 0.0883. The second-order valence-corrected chi connectivity index (χ2v) is 6.03. The molecule has 3 rings (SSSR count). The zero-order chi connectivity index (χ0) is 15.3. The number of aliphatic hydroxyl groups excluding tert-OH is 1. The topological polar surface area (TPSA) is 20.2 Å². The van der Waals surface area contributed by atoms with E-state index in [0.717, 1.165) is 27.8 Å². The van der Waals surface area contributed by atoms with Crippen molar-refractivity contribution < 1.29 is 5.11 Å². The summed E-state index contributed by atoms with van der Waals surface area (Å²) in [5.41, 5.74) is 7.84. The molecule has 0 amide bonds. The molecule has 1 aromatic rings. The van der Waals surface area contributed by atoms with Crippen LogP contribution in [0.25, 0.3) is 16.9 Å². The normalized spacial score (nSPS) is 23.9. The van der Waals surface area contributed by atoms with E-state index in [0.29, 0.717) is 5.92 Å². The third-order valence-corrected chi connectivity index (χ3v) is 4.72. The molecule has 0 aromatic heterocycles. The summed E-state index contributed by atoms with van der Waals surface area (Å²) in [6.07, 6.45) is 4.36. The van der Waals surface area contributed by atoms with E-state index in [1.165, 1.54) is 11.1 Å². The Hall–Kier alpha value is -2.28. The van der Waals surface area contributed by atoms with Crippen molar-refractivity contribution in [3.8, 4) is 0 Å². The van der Waals surface area contributed by atoms with Gasteiger partial charge in [0.2, 0.25) is 0 Å². The van der Waals surface area contributed by atoms with Crippen LogP contribution in [0.15, 0.2) is 61.2 Å². The Bertz CT molecular complexity index is 743. The van der Waals surface area contributed by atoms with Gasteiger partial charge in [-0.05, 0) is 42.2 Å². The van der Waals surface area contributed by atoms with Crippen molar-refractivity contribution in [2.75, 3.05) is 0 Å². The Morgan fingerprint density at radius 1 is 0.952 bits per heavy atom. The van der Waals surface area contributed by atoms with Crippen molar-refractivity contribution in [2.24, 2.45) is 11.8 Å². The van der Waals surface area contributed by atoms with Crippen molar-refractivity contribution in [1.29, 1.82) is 0 Å². The first-order valence-corrected chi connectivity index (χ1v) is 7.17. The number of fused-ring (bicyclic) bond motifs is 2. The number of hydrogen-bond acceptors (Lipinski definition) is 1. The molecule has 0 saturated carbocycles. The molecular formula is C20H20O. The molecule has 1 aromatic carbocycles. The van der Waals surface area contributed by atoms with Gasteiger partial charge in [-0.1, -0.05) is 55.2 Å². The minimum Gasteiger partial charge on any atom is -0.508 e. The molecule has 2 atom stereocenters. The van der Waals surface area contributed by atoms with Gasteiger partial charge in [0.1, 0.15) is 5.76 Å². The lowest BCUT2D eigenvalue weighted by atomic mass is 9.64. The first kappa shape index (κ1) is 13.7. The molecule has 0 radical (unpaired) electrons. The summed E-state index contributed by atoms with van der Waals surface area (Å²) >= 11 is 0.